The van der Waals surface area contributed by atoms with Crippen molar-refractivity contribution >= 4 is 29.3 Å². The lowest BCUT2D eigenvalue weighted by atomic mass is 10.1. The fourth-order valence-corrected chi connectivity index (χ4v) is 2.97. The standard InChI is InChI=1S/C22H32F3N5O4S/c1-19(2,3)34-18(31)29-16(13-33-21(7,8)22(23,24)25)15-12-30-17(28-15)9-14(10-26-30)11-27-35(32)20(4,5)6/h9-12,16H,13H2,1-8H3,(H,29,31)/b27-11+/t16-,35+/m0/s1. The van der Waals surface area contributed by atoms with Crippen LogP contribution in [0.25, 0.3) is 5.65 Å². The number of hydrogen-bond acceptors (Lipinski definition) is 7. The van der Waals surface area contributed by atoms with Gasteiger partial charge in [-0.25, -0.2) is 14.3 Å². The number of alkyl halides is 3. The van der Waals surface area contributed by atoms with Crippen molar-refractivity contribution in [3.05, 3.63) is 29.7 Å². The summed E-state index contributed by atoms with van der Waals surface area (Å²) in [5.74, 6) is 0. The highest BCUT2D eigenvalue weighted by Gasteiger charge is 2.49. The van der Waals surface area contributed by atoms with Crippen LogP contribution in [0.2, 0.25) is 0 Å². The zero-order chi connectivity index (χ0) is 26.8. The first-order chi connectivity index (χ1) is 15.8. The minimum Gasteiger partial charge on any atom is -0.591 e. The van der Waals surface area contributed by atoms with E-state index in [1.54, 1.807) is 47.6 Å². The van der Waals surface area contributed by atoms with Crippen molar-refractivity contribution < 1.29 is 32.0 Å². The van der Waals surface area contributed by atoms with Crippen LogP contribution in [0, 0.1) is 0 Å². The Kier molecular flexibility index (Phi) is 8.50. The monoisotopic (exact) mass is 519 g/mol. The summed E-state index contributed by atoms with van der Waals surface area (Å²) in [7, 11) is 0. The second kappa shape index (κ2) is 10.3. The third-order valence-corrected chi connectivity index (χ3v) is 5.87. The van der Waals surface area contributed by atoms with Crippen molar-refractivity contribution in [2.75, 3.05) is 6.61 Å². The zero-order valence-corrected chi connectivity index (χ0v) is 21.9. The summed E-state index contributed by atoms with van der Waals surface area (Å²) in [6.45, 7) is 11.6. The van der Waals surface area contributed by atoms with Crippen LogP contribution in [0.15, 0.2) is 22.9 Å². The Morgan fingerprint density at radius 3 is 2.40 bits per heavy atom. The van der Waals surface area contributed by atoms with Gasteiger partial charge in [0.05, 0.1) is 37.0 Å². The van der Waals surface area contributed by atoms with Crippen molar-refractivity contribution in [3.8, 4) is 0 Å². The molecule has 13 heteroatoms. The fraction of sp³-hybridized carbons (Fsp3) is 0.636. The lowest BCUT2D eigenvalue weighted by Gasteiger charge is -2.30. The van der Waals surface area contributed by atoms with Gasteiger partial charge in [0.15, 0.2) is 11.2 Å². The van der Waals surface area contributed by atoms with Crippen molar-refractivity contribution in [1.82, 2.24) is 19.9 Å². The van der Waals surface area contributed by atoms with E-state index in [0.717, 1.165) is 13.8 Å². The van der Waals surface area contributed by atoms with Crippen LogP contribution in [0.5, 0.6) is 0 Å². The molecule has 35 heavy (non-hydrogen) atoms. The number of halogens is 3. The van der Waals surface area contributed by atoms with Gasteiger partial charge in [0.1, 0.15) is 21.7 Å². The first kappa shape index (κ1) is 28.9. The number of carbonyl (C=O) groups is 1. The first-order valence-electron chi connectivity index (χ1n) is 10.8. The highest BCUT2D eigenvalue weighted by Crippen LogP contribution is 2.33. The van der Waals surface area contributed by atoms with Crippen molar-refractivity contribution in [3.63, 3.8) is 0 Å². The third-order valence-electron chi connectivity index (χ3n) is 4.52. The molecule has 1 N–H and O–H groups in total. The van der Waals surface area contributed by atoms with Crippen LogP contribution < -0.4 is 5.32 Å². The quantitative estimate of drug-likeness (QED) is 0.425. The average molecular weight is 520 g/mol. The molecular weight excluding hydrogens is 487 g/mol. The van der Waals surface area contributed by atoms with Gasteiger partial charge in [-0.15, -0.1) is 0 Å². The predicted molar refractivity (Wildman–Crippen MR) is 127 cm³/mol. The van der Waals surface area contributed by atoms with Crippen molar-refractivity contribution in [2.24, 2.45) is 4.40 Å². The molecule has 0 aliphatic rings. The largest absolute Gasteiger partial charge is 0.591 e. The summed E-state index contributed by atoms with van der Waals surface area (Å²) in [6, 6.07) is 0.559. The molecule has 2 rings (SSSR count). The highest BCUT2D eigenvalue weighted by molar-refractivity contribution is 7.91. The number of imidazole rings is 1. The Morgan fingerprint density at radius 2 is 1.86 bits per heavy atom. The van der Waals surface area contributed by atoms with Crippen LogP contribution in [0.1, 0.15) is 72.7 Å². The minimum atomic E-state index is -4.62. The number of amides is 1. The number of nitrogens with one attached hydrogen (secondary N) is 1. The van der Waals surface area contributed by atoms with E-state index in [0.29, 0.717) is 11.2 Å². The molecule has 0 aliphatic carbocycles. The molecule has 1 amide bonds. The maximum atomic E-state index is 13.3. The fourth-order valence-electron chi connectivity index (χ4n) is 2.44. The van der Waals surface area contributed by atoms with Gasteiger partial charge in [0, 0.05) is 5.56 Å². The van der Waals surface area contributed by atoms with E-state index in [1.807, 2.05) is 0 Å². The van der Waals surface area contributed by atoms with Crippen LogP contribution in [-0.2, 0) is 20.8 Å². The Balaban J connectivity index is 2.33. The lowest BCUT2D eigenvalue weighted by Crippen LogP contribution is -2.44. The Morgan fingerprint density at radius 1 is 1.23 bits per heavy atom. The number of carbonyl (C=O) groups excluding carboxylic acids is 1. The SMILES string of the molecule is CC(C)(C)OC(=O)N[C@@H](COC(C)(C)C(F)(F)F)c1cn2ncc(/C=N/[S@+]([O-])C(C)(C)C)cc2n1. The van der Waals surface area contributed by atoms with E-state index in [1.165, 1.54) is 23.1 Å². The Bertz CT molecular complexity index is 1060. The first-order valence-corrected chi connectivity index (χ1v) is 11.9. The second-order valence-corrected chi connectivity index (χ2v) is 12.3. The smallest absolute Gasteiger partial charge is 0.416 e. The van der Waals surface area contributed by atoms with Crippen LogP contribution in [-0.4, -0.2) is 60.2 Å². The molecule has 2 heterocycles. The molecule has 0 unspecified atom stereocenters. The van der Waals surface area contributed by atoms with E-state index >= 15 is 0 Å². The van der Waals surface area contributed by atoms with E-state index in [4.69, 9.17) is 9.47 Å². The number of fused-ring (bicyclic) bond motifs is 1. The predicted octanol–water partition coefficient (Wildman–Crippen LogP) is 4.53. The molecule has 2 atom stereocenters. The van der Waals surface area contributed by atoms with Gasteiger partial charge in [0.2, 0.25) is 0 Å². The molecule has 0 spiro atoms. The molecule has 0 radical (unpaired) electrons. The second-order valence-electron chi connectivity index (χ2n) is 10.4. The summed E-state index contributed by atoms with van der Waals surface area (Å²) in [6.07, 6.45) is -1.10. The van der Waals surface area contributed by atoms with E-state index < -0.39 is 52.2 Å². The number of alkyl carbamates (subject to hydrolysis) is 1. The molecule has 2 aromatic rings. The Labute approximate surface area is 205 Å². The normalized spacial score (nSPS) is 15.4. The molecule has 0 saturated heterocycles. The summed E-state index contributed by atoms with van der Waals surface area (Å²) < 4.78 is 67.3. The van der Waals surface area contributed by atoms with E-state index in [9.17, 15) is 22.5 Å². The third kappa shape index (κ3) is 8.36. The molecule has 196 valence electrons. The number of nitrogens with zero attached hydrogens (tertiary/aromatic N) is 4. The number of rotatable bonds is 7. The van der Waals surface area contributed by atoms with Crippen molar-refractivity contribution in [2.45, 2.75) is 83.6 Å². The maximum absolute atomic E-state index is 13.3. The minimum absolute atomic E-state index is 0.216. The number of ether oxygens (including phenoxy) is 2. The van der Waals surface area contributed by atoms with Crippen LogP contribution in [0.3, 0.4) is 0 Å². The summed E-state index contributed by atoms with van der Waals surface area (Å²) in [5.41, 5.74) is -2.18. The van der Waals surface area contributed by atoms with Gasteiger partial charge < -0.3 is 19.3 Å². The Hall–Kier alpha value is -2.38. The van der Waals surface area contributed by atoms with Crippen LogP contribution >= 0.6 is 0 Å². The maximum Gasteiger partial charge on any atom is 0.416 e. The van der Waals surface area contributed by atoms with Gasteiger partial charge in [-0.2, -0.15) is 18.3 Å². The molecule has 0 saturated carbocycles. The molecule has 0 aliphatic heterocycles. The summed E-state index contributed by atoms with van der Waals surface area (Å²) in [5, 5.41) is 6.73. The summed E-state index contributed by atoms with van der Waals surface area (Å²) in [4.78, 5) is 16.7. The zero-order valence-electron chi connectivity index (χ0n) is 21.1. The molecular formula is C22H32F3N5O4S. The molecule has 2 aromatic heterocycles. The van der Waals surface area contributed by atoms with E-state index in [2.05, 4.69) is 19.8 Å². The average Bonchev–Trinajstić information content (AvgIpc) is 3.09. The molecule has 0 aromatic carbocycles. The van der Waals surface area contributed by atoms with Gasteiger partial charge in [0.25, 0.3) is 0 Å². The number of aromatic nitrogens is 3. The lowest BCUT2D eigenvalue weighted by molar-refractivity contribution is -0.265. The van der Waals surface area contributed by atoms with Gasteiger partial charge in [-0.1, -0.05) is 4.40 Å². The molecule has 9 nitrogen and oxygen atoms in total. The van der Waals surface area contributed by atoms with Gasteiger partial charge in [-0.05, 0) is 61.5 Å². The molecule has 0 bridgehead atoms. The van der Waals surface area contributed by atoms with Gasteiger partial charge >= 0.3 is 12.3 Å². The van der Waals surface area contributed by atoms with Gasteiger partial charge in [-0.3, -0.25) is 0 Å². The van der Waals surface area contributed by atoms with Crippen LogP contribution in [0.4, 0.5) is 18.0 Å². The number of hydrogen-bond donors (Lipinski definition) is 1. The van der Waals surface area contributed by atoms with Crippen molar-refractivity contribution in [1.29, 1.82) is 0 Å². The highest BCUT2D eigenvalue weighted by atomic mass is 32.2. The molecule has 0 fully saturated rings. The topological polar surface area (TPSA) is 113 Å². The van der Waals surface area contributed by atoms with E-state index in [-0.39, 0.29) is 5.69 Å². The summed E-state index contributed by atoms with van der Waals surface area (Å²) >= 11 is -1.46.